The molecule has 17 heavy (non-hydrogen) atoms. The van der Waals surface area contributed by atoms with Crippen LogP contribution in [-0.2, 0) is 4.74 Å². The van der Waals surface area contributed by atoms with Crippen molar-refractivity contribution in [3.8, 4) is 0 Å². The Labute approximate surface area is 103 Å². The molecule has 0 aliphatic rings. The predicted octanol–water partition coefficient (Wildman–Crippen LogP) is 2.05. The van der Waals surface area contributed by atoms with Crippen LogP contribution in [0.5, 0.6) is 0 Å². The van der Waals surface area contributed by atoms with Crippen molar-refractivity contribution in [1.29, 1.82) is 0 Å². The van der Waals surface area contributed by atoms with Crippen molar-refractivity contribution in [2.24, 2.45) is 0 Å². The van der Waals surface area contributed by atoms with E-state index in [0.29, 0.717) is 12.5 Å². The average molecular weight is 238 g/mol. The zero-order valence-corrected chi connectivity index (χ0v) is 11.3. The second-order valence-corrected chi connectivity index (χ2v) is 4.57. The summed E-state index contributed by atoms with van der Waals surface area (Å²) in [5.74, 6) is 1.50. The van der Waals surface area contributed by atoms with Gasteiger partial charge in [-0.3, -0.25) is 0 Å². The first-order chi connectivity index (χ1) is 7.98. The van der Waals surface area contributed by atoms with Crippen LogP contribution in [0.3, 0.4) is 0 Å². The zero-order valence-electron chi connectivity index (χ0n) is 11.3. The van der Waals surface area contributed by atoms with Gasteiger partial charge in [0.15, 0.2) is 0 Å². The number of aryl methyl sites for hydroxylation is 1. The van der Waals surface area contributed by atoms with Crippen LogP contribution in [-0.4, -0.2) is 35.8 Å². The lowest BCUT2D eigenvalue weighted by Crippen LogP contribution is -2.32. The maximum atomic E-state index is 5.36. The molecule has 0 bridgehead atoms. The maximum absolute atomic E-state index is 5.36. The number of hydrogen-bond acceptors (Lipinski definition) is 5. The summed E-state index contributed by atoms with van der Waals surface area (Å²) in [6.07, 6.45) is 1.81. The molecule has 1 heterocycles. The van der Waals surface area contributed by atoms with Crippen LogP contribution in [0.2, 0.25) is 0 Å². The molecule has 1 rings (SSSR count). The fourth-order valence-corrected chi connectivity index (χ4v) is 1.23. The van der Waals surface area contributed by atoms with Crippen molar-refractivity contribution < 1.29 is 4.74 Å². The molecule has 5 heteroatoms. The largest absolute Gasteiger partial charge is 0.377 e. The van der Waals surface area contributed by atoms with Crippen molar-refractivity contribution >= 4 is 11.8 Å². The molecule has 0 amide bonds. The highest BCUT2D eigenvalue weighted by atomic mass is 16.5. The van der Waals surface area contributed by atoms with Gasteiger partial charge in [-0.15, -0.1) is 0 Å². The fourth-order valence-electron chi connectivity index (χ4n) is 1.23. The average Bonchev–Trinajstić information content (AvgIpc) is 2.30. The van der Waals surface area contributed by atoms with E-state index in [2.05, 4.69) is 20.6 Å². The minimum atomic E-state index is -0.213. The summed E-state index contributed by atoms with van der Waals surface area (Å²) in [5, 5.41) is 6.38. The Hall–Kier alpha value is -1.36. The van der Waals surface area contributed by atoms with E-state index < -0.39 is 0 Å². The van der Waals surface area contributed by atoms with Gasteiger partial charge in [0.2, 0.25) is 5.95 Å². The summed E-state index contributed by atoms with van der Waals surface area (Å²) in [4.78, 5) is 8.61. The number of aromatic nitrogens is 2. The third-order valence-corrected chi connectivity index (χ3v) is 2.54. The van der Waals surface area contributed by atoms with Crippen LogP contribution in [0.1, 0.15) is 26.3 Å². The Kier molecular flexibility index (Phi) is 4.69. The van der Waals surface area contributed by atoms with Gasteiger partial charge in [0.1, 0.15) is 5.82 Å². The molecule has 0 spiro atoms. The Morgan fingerprint density at radius 1 is 1.35 bits per heavy atom. The third kappa shape index (κ3) is 4.19. The van der Waals surface area contributed by atoms with Crippen LogP contribution in [0.15, 0.2) is 6.20 Å². The second-order valence-electron chi connectivity index (χ2n) is 4.57. The monoisotopic (exact) mass is 238 g/mol. The molecular weight excluding hydrogens is 216 g/mol. The van der Waals surface area contributed by atoms with Gasteiger partial charge in [0, 0.05) is 32.0 Å². The first-order valence-corrected chi connectivity index (χ1v) is 5.85. The van der Waals surface area contributed by atoms with E-state index in [1.807, 2.05) is 33.9 Å². The standard InChI is InChI=1S/C12H22N4O/c1-6-13-11-14-7-9(2)10(16-11)15-8-12(3,4)17-5/h7H,6,8H2,1-5H3,(H2,13,14,15,16). The number of nitrogens with one attached hydrogen (secondary N) is 2. The van der Waals surface area contributed by atoms with Gasteiger partial charge in [0.05, 0.1) is 5.60 Å². The minimum Gasteiger partial charge on any atom is -0.377 e. The molecule has 1 aromatic heterocycles. The van der Waals surface area contributed by atoms with Gasteiger partial charge in [-0.2, -0.15) is 4.98 Å². The molecule has 0 saturated heterocycles. The highest BCUT2D eigenvalue weighted by molar-refractivity contribution is 5.46. The summed E-state index contributed by atoms with van der Waals surface area (Å²) >= 11 is 0. The van der Waals surface area contributed by atoms with Gasteiger partial charge >= 0.3 is 0 Å². The normalized spacial score (nSPS) is 11.4. The summed E-state index contributed by atoms with van der Waals surface area (Å²) in [5.41, 5.74) is 0.814. The Bertz CT molecular complexity index is 366. The third-order valence-electron chi connectivity index (χ3n) is 2.54. The van der Waals surface area contributed by atoms with Crippen molar-refractivity contribution in [1.82, 2.24) is 9.97 Å². The number of ether oxygens (including phenoxy) is 1. The molecule has 0 atom stereocenters. The molecule has 2 N–H and O–H groups in total. The van der Waals surface area contributed by atoms with Gasteiger partial charge in [-0.1, -0.05) is 0 Å². The minimum absolute atomic E-state index is 0.213. The Morgan fingerprint density at radius 2 is 2.06 bits per heavy atom. The quantitative estimate of drug-likeness (QED) is 0.794. The van der Waals surface area contributed by atoms with E-state index >= 15 is 0 Å². The lowest BCUT2D eigenvalue weighted by molar-refractivity contribution is 0.0343. The summed E-state index contributed by atoms with van der Waals surface area (Å²) < 4.78 is 5.36. The second kappa shape index (κ2) is 5.82. The maximum Gasteiger partial charge on any atom is 0.224 e. The Morgan fingerprint density at radius 3 is 2.65 bits per heavy atom. The first kappa shape index (κ1) is 13.7. The molecule has 1 aromatic rings. The van der Waals surface area contributed by atoms with Crippen molar-refractivity contribution in [2.45, 2.75) is 33.3 Å². The SMILES string of the molecule is CCNc1ncc(C)c(NCC(C)(C)OC)n1. The molecule has 0 saturated carbocycles. The van der Waals surface area contributed by atoms with E-state index in [1.54, 1.807) is 7.11 Å². The smallest absolute Gasteiger partial charge is 0.224 e. The molecule has 0 radical (unpaired) electrons. The Balaban J connectivity index is 2.72. The van der Waals surface area contributed by atoms with Crippen LogP contribution >= 0.6 is 0 Å². The number of methoxy groups -OCH3 is 1. The zero-order chi connectivity index (χ0) is 12.9. The van der Waals surface area contributed by atoms with Crippen molar-refractivity contribution in [3.05, 3.63) is 11.8 Å². The summed E-state index contributed by atoms with van der Waals surface area (Å²) in [6.45, 7) is 9.57. The van der Waals surface area contributed by atoms with E-state index in [0.717, 1.165) is 17.9 Å². The number of hydrogen-bond donors (Lipinski definition) is 2. The van der Waals surface area contributed by atoms with Gasteiger partial charge < -0.3 is 15.4 Å². The number of nitrogens with zero attached hydrogens (tertiary/aromatic N) is 2. The van der Waals surface area contributed by atoms with Gasteiger partial charge in [0.25, 0.3) is 0 Å². The summed E-state index contributed by atoms with van der Waals surface area (Å²) in [6, 6.07) is 0. The molecular formula is C12H22N4O. The molecule has 0 aliphatic carbocycles. The molecule has 5 nitrogen and oxygen atoms in total. The molecule has 96 valence electrons. The van der Waals surface area contributed by atoms with Crippen LogP contribution in [0.25, 0.3) is 0 Å². The van der Waals surface area contributed by atoms with E-state index in [1.165, 1.54) is 0 Å². The lowest BCUT2D eigenvalue weighted by Gasteiger charge is -2.24. The highest BCUT2D eigenvalue weighted by Gasteiger charge is 2.16. The number of rotatable bonds is 6. The van der Waals surface area contributed by atoms with Gasteiger partial charge in [-0.25, -0.2) is 4.98 Å². The predicted molar refractivity (Wildman–Crippen MR) is 70.5 cm³/mol. The molecule has 0 aliphatic heterocycles. The number of anilines is 2. The lowest BCUT2D eigenvalue weighted by atomic mass is 10.1. The van der Waals surface area contributed by atoms with Gasteiger partial charge in [-0.05, 0) is 27.7 Å². The summed E-state index contributed by atoms with van der Waals surface area (Å²) in [7, 11) is 1.71. The van der Waals surface area contributed by atoms with E-state index in [4.69, 9.17) is 4.74 Å². The molecule has 0 aromatic carbocycles. The molecule has 0 unspecified atom stereocenters. The first-order valence-electron chi connectivity index (χ1n) is 5.85. The topological polar surface area (TPSA) is 59.1 Å². The van der Waals surface area contributed by atoms with Crippen LogP contribution < -0.4 is 10.6 Å². The van der Waals surface area contributed by atoms with E-state index in [-0.39, 0.29) is 5.60 Å². The van der Waals surface area contributed by atoms with Crippen LogP contribution in [0, 0.1) is 6.92 Å². The van der Waals surface area contributed by atoms with Crippen molar-refractivity contribution in [2.75, 3.05) is 30.8 Å². The van der Waals surface area contributed by atoms with Crippen LogP contribution in [0.4, 0.5) is 11.8 Å². The fraction of sp³-hybridized carbons (Fsp3) is 0.667. The van der Waals surface area contributed by atoms with Crippen molar-refractivity contribution in [3.63, 3.8) is 0 Å². The molecule has 0 fully saturated rings. The van der Waals surface area contributed by atoms with E-state index in [9.17, 15) is 0 Å². The highest BCUT2D eigenvalue weighted by Crippen LogP contribution is 2.15.